The molecule has 0 atom stereocenters. The lowest BCUT2D eigenvalue weighted by atomic mass is 10.2. The van der Waals surface area contributed by atoms with Gasteiger partial charge in [0.15, 0.2) is 13.2 Å². The van der Waals surface area contributed by atoms with Gasteiger partial charge in [0.2, 0.25) is 0 Å². The van der Waals surface area contributed by atoms with Gasteiger partial charge >= 0.3 is 5.97 Å². The highest BCUT2D eigenvalue weighted by Crippen LogP contribution is 2.15. The van der Waals surface area contributed by atoms with Crippen LogP contribution in [-0.2, 0) is 14.3 Å². The van der Waals surface area contributed by atoms with E-state index in [4.69, 9.17) is 14.7 Å². The second-order valence-corrected chi connectivity index (χ2v) is 4.96. The van der Waals surface area contributed by atoms with Crippen molar-refractivity contribution in [1.29, 1.82) is 5.26 Å². The number of hydrogen-bond donors (Lipinski definition) is 1. The molecule has 24 heavy (non-hydrogen) atoms. The monoisotopic (exact) mass is 324 g/mol. The van der Waals surface area contributed by atoms with Crippen molar-refractivity contribution in [2.45, 2.75) is 6.92 Å². The third kappa shape index (κ3) is 5.14. The Morgan fingerprint density at radius 2 is 1.92 bits per heavy atom. The van der Waals surface area contributed by atoms with Crippen molar-refractivity contribution in [2.75, 3.05) is 18.5 Å². The van der Waals surface area contributed by atoms with Gasteiger partial charge in [-0.1, -0.05) is 24.3 Å². The van der Waals surface area contributed by atoms with Crippen molar-refractivity contribution in [3.63, 3.8) is 0 Å². The van der Waals surface area contributed by atoms with E-state index in [0.717, 1.165) is 5.56 Å². The van der Waals surface area contributed by atoms with E-state index >= 15 is 0 Å². The van der Waals surface area contributed by atoms with Crippen LogP contribution >= 0.6 is 0 Å². The normalized spacial score (nSPS) is 9.67. The van der Waals surface area contributed by atoms with E-state index in [0.29, 0.717) is 17.0 Å². The van der Waals surface area contributed by atoms with E-state index in [9.17, 15) is 9.59 Å². The molecule has 6 heteroatoms. The summed E-state index contributed by atoms with van der Waals surface area (Å²) in [6.07, 6.45) is 0. The van der Waals surface area contributed by atoms with E-state index in [-0.39, 0.29) is 6.61 Å². The van der Waals surface area contributed by atoms with Gasteiger partial charge in [-0.15, -0.1) is 0 Å². The minimum atomic E-state index is -0.640. The van der Waals surface area contributed by atoms with Crippen LogP contribution in [0.1, 0.15) is 11.1 Å². The maximum Gasteiger partial charge on any atom is 0.344 e. The number of rotatable bonds is 6. The topological polar surface area (TPSA) is 88.4 Å². The summed E-state index contributed by atoms with van der Waals surface area (Å²) < 4.78 is 10.2. The lowest BCUT2D eigenvalue weighted by Crippen LogP contribution is -2.23. The van der Waals surface area contributed by atoms with Gasteiger partial charge in [0.05, 0.1) is 11.6 Å². The van der Waals surface area contributed by atoms with Crippen LogP contribution in [0.5, 0.6) is 5.75 Å². The Bertz CT molecular complexity index is 781. The molecular weight excluding hydrogens is 308 g/mol. The second kappa shape index (κ2) is 8.34. The number of benzene rings is 2. The molecule has 1 amide bonds. The molecule has 0 radical (unpaired) electrons. The number of para-hydroxylation sites is 1. The van der Waals surface area contributed by atoms with Gasteiger partial charge < -0.3 is 14.8 Å². The number of esters is 1. The molecule has 2 aromatic carbocycles. The minimum Gasteiger partial charge on any atom is -0.482 e. The average molecular weight is 324 g/mol. The van der Waals surface area contributed by atoms with Crippen molar-refractivity contribution >= 4 is 17.6 Å². The van der Waals surface area contributed by atoms with Crippen LogP contribution in [0.25, 0.3) is 0 Å². The van der Waals surface area contributed by atoms with E-state index in [1.54, 1.807) is 30.3 Å². The average Bonchev–Trinajstić information content (AvgIpc) is 2.59. The summed E-state index contributed by atoms with van der Waals surface area (Å²) in [5, 5.41) is 11.3. The zero-order valence-corrected chi connectivity index (χ0v) is 13.1. The first-order valence-electron chi connectivity index (χ1n) is 7.22. The summed E-state index contributed by atoms with van der Waals surface area (Å²) in [5.41, 5.74) is 1.79. The van der Waals surface area contributed by atoms with Crippen molar-refractivity contribution in [2.24, 2.45) is 0 Å². The number of nitriles is 1. The fourth-order valence-electron chi connectivity index (χ4n) is 1.91. The minimum absolute atomic E-state index is 0.276. The van der Waals surface area contributed by atoms with Crippen LogP contribution < -0.4 is 10.1 Å². The number of nitrogens with zero attached hydrogens (tertiary/aromatic N) is 1. The van der Waals surface area contributed by atoms with Crippen molar-refractivity contribution < 1.29 is 19.1 Å². The molecule has 0 aliphatic carbocycles. The Kier molecular flexibility index (Phi) is 5.92. The summed E-state index contributed by atoms with van der Waals surface area (Å²) in [4.78, 5) is 23.3. The first-order chi connectivity index (χ1) is 11.6. The maximum absolute atomic E-state index is 11.7. The first-order valence-corrected chi connectivity index (χ1v) is 7.22. The van der Waals surface area contributed by atoms with Crippen LogP contribution in [0.15, 0.2) is 48.5 Å². The number of ether oxygens (including phenoxy) is 2. The van der Waals surface area contributed by atoms with Crippen LogP contribution in [0.3, 0.4) is 0 Å². The molecule has 0 aliphatic rings. The van der Waals surface area contributed by atoms with Crippen LogP contribution in [0.2, 0.25) is 0 Å². The molecule has 0 unspecified atom stereocenters. The van der Waals surface area contributed by atoms with Crippen LogP contribution in [0, 0.1) is 18.3 Å². The molecule has 122 valence electrons. The number of amides is 1. The Labute approximate surface area is 139 Å². The van der Waals surface area contributed by atoms with Gasteiger partial charge in [-0.05, 0) is 36.8 Å². The number of carbonyl (C=O) groups excluding carboxylic acids is 2. The lowest BCUT2D eigenvalue weighted by Gasteiger charge is -2.09. The lowest BCUT2D eigenvalue weighted by molar-refractivity contribution is -0.149. The first kappa shape index (κ1) is 17.0. The van der Waals surface area contributed by atoms with Crippen molar-refractivity contribution in [1.82, 2.24) is 0 Å². The summed E-state index contributed by atoms with van der Waals surface area (Å²) >= 11 is 0. The zero-order valence-electron chi connectivity index (χ0n) is 13.1. The molecule has 0 aliphatic heterocycles. The van der Waals surface area contributed by atoms with Gasteiger partial charge in [0.1, 0.15) is 5.75 Å². The quantitative estimate of drug-likeness (QED) is 0.824. The fraction of sp³-hybridized carbons (Fsp3) is 0.167. The van der Waals surface area contributed by atoms with E-state index in [1.165, 1.54) is 6.07 Å². The summed E-state index contributed by atoms with van der Waals surface area (Å²) in [7, 11) is 0. The standard InChI is InChI=1S/C18H16N2O4/c1-13-5-2-3-8-16(13)23-12-18(22)24-11-17(21)20-15-7-4-6-14(9-15)10-19/h2-9H,11-12H2,1H3,(H,20,21). The van der Waals surface area contributed by atoms with Crippen LogP contribution in [-0.4, -0.2) is 25.1 Å². The molecule has 1 N–H and O–H groups in total. The molecule has 0 fully saturated rings. The smallest absolute Gasteiger partial charge is 0.344 e. The number of anilines is 1. The zero-order chi connectivity index (χ0) is 17.4. The molecule has 2 rings (SSSR count). The number of aryl methyl sites for hydroxylation is 1. The van der Waals surface area contributed by atoms with Gasteiger partial charge in [-0.2, -0.15) is 5.26 Å². The van der Waals surface area contributed by atoms with Crippen molar-refractivity contribution in [3.05, 3.63) is 59.7 Å². The molecule has 0 saturated heterocycles. The third-order valence-electron chi connectivity index (χ3n) is 3.08. The SMILES string of the molecule is Cc1ccccc1OCC(=O)OCC(=O)Nc1cccc(C#N)c1. The molecule has 0 spiro atoms. The number of hydrogen-bond acceptors (Lipinski definition) is 5. The van der Waals surface area contributed by atoms with E-state index in [1.807, 2.05) is 25.1 Å². The predicted octanol–water partition coefficient (Wildman–Crippen LogP) is 2.43. The largest absolute Gasteiger partial charge is 0.482 e. The van der Waals surface area contributed by atoms with Gasteiger partial charge in [0.25, 0.3) is 5.91 Å². The Hall–Kier alpha value is -3.33. The highest BCUT2D eigenvalue weighted by Gasteiger charge is 2.09. The highest BCUT2D eigenvalue weighted by atomic mass is 16.6. The highest BCUT2D eigenvalue weighted by molar-refractivity contribution is 5.93. The summed E-state index contributed by atoms with van der Waals surface area (Å²) in [6.45, 7) is 1.16. The van der Waals surface area contributed by atoms with E-state index in [2.05, 4.69) is 5.32 Å². The maximum atomic E-state index is 11.7. The fourth-order valence-corrected chi connectivity index (χ4v) is 1.91. The Balaban J connectivity index is 1.76. The molecular formula is C18H16N2O4. The van der Waals surface area contributed by atoms with Gasteiger partial charge in [0, 0.05) is 5.69 Å². The van der Waals surface area contributed by atoms with Crippen molar-refractivity contribution in [3.8, 4) is 11.8 Å². The Morgan fingerprint density at radius 3 is 2.67 bits per heavy atom. The molecule has 2 aromatic rings. The molecule has 6 nitrogen and oxygen atoms in total. The second-order valence-electron chi connectivity index (χ2n) is 4.96. The van der Waals surface area contributed by atoms with Gasteiger partial charge in [-0.25, -0.2) is 4.79 Å². The van der Waals surface area contributed by atoms with E-state index < -0.39 is 18.5 Å². The molecule has 0 saturated carbocycles. The third-order valence-corrected chi connectivity index (χ3v) is 3.08. The molecule has 0 heterocycles. The molecule has 0 aromatic heterocycles. The summed E-state index contributed by atoms with van der Waals surface area (Å²) in [5.74, 6) is -0.541. The predicted molar refractivity (Wildman–Crippen MR) is 87.4 cm³/mol. The number of carbonyl (C=O) groups is 2. The van der Waals surface area contributed by atoms with Gasteiger partial charge in [-0.3, -0.25) is 4.79 Å². The number of nitrogens with one attached hydrogen (secondary N) is 1. The molecule has 0 bridgehead atoms. The Morgan fingerprint density at radius 1 is 1.12 bits per heavy atom. The summed E-state index contributed by atoms with van der Waals surface area (Å²) in [6, 6.07) is 15.7. The van der Waals surface area contributed by atoms with Crippen LogP contribution in [0.4, 0.5) is 5.69 Å².